The van der Waals surface area contributed by atoms with Crippen LogP contribution in [-0.4, -0.2) is 4.98 Å². The van der Waals surface area contributed by atoms with Crippen molar-refractivity contribution in [3.8, 4) is 0 Å². The van der Waals surface area contributed by atoms with Gasteiger partial charge in [-0.3, -0.25) is 0 Å². The molecule has 1 rings (SSSR count). The minimum atomic E-state index is -0.773. The van der Waals surface area contributed by atoms with Crippen LogP contribution in [0, 0.1) is 17.7 Å². The molecular weight excluding hydrogens is 213 g/mol. The van der Waals surface area contributed by atoms with Crippen LogP contribution in [0.25, 0.3) is 0 Å². The summed E-state index contributed by atoms with van der Waals surface area (Å²) in [5, 5.41) is 0. The van der Waals surface area contributed by atoms with Crippen LogP contribution in [0.5, 0.6) is 0 Å². The Hall–Kier alpha value is -0.0766. The fraction of sp³-hybridized carbons (Fsp3) is 0. The molecule has 0 N–H and O–H groups in total. The molecule has 10 heavy (non-hydrogen) atoms. The van der Waals surface area contributed by atoms with Gasteiger partial charge in [0.2, 0.25) is 0 Å². The zero-order valence-electron chi connectivity index (χ0n) is 4.94. The maximum absolute atomic E-state index is 11.8. The second kappa shape index (κ2) is 5.69. The molecule has 50 valence electrons. The van der Waals surface area contributed by atoms with Crippen molar-refractivity contribution in [1.29, 1.82) is 0 Å². The summed E-state index contributed by atoms with van der Waals surface area (Å²) >= 11 is 0.847. The number of rotatable bonds is 0. The molecule has 1 nitrogen and oxygen atoms in total. The summed E-state index contributed by atoms with van der Waals surface area (Å²) in [6, 6.07) is 1.77. The number of nitrogens with zero attached hydrogens (tertiary/aromatic N) is 1. The molecule has 0 saturated carbocycles. The quantitative estimate of drug-likeness (QED) is 0.475. The maximum atomic E-state index is 11.8. The van der Waals surface area contributed by atoms with E-state index in [1.165, 1.54) is 0 Å². The molecule has 0 saturated heterocycles. The Balaban J connectivity index is 0.000000371. The van der Waals surface area contributed by atoms with Crippen molar-refractivity contribution < 1.29 is 26.1 Å². The number of aromatic nitrogens is 1. The van der Waals surface area contributed by atoms with E-state index in [1.54, 1.807) is 6.07 Å². The predicted octanol–water partition coefficient (Wildman–Crippen LogP) is 1.85. The molecular formula is C5H2ClF2NZn. The number of halogens is 3. The second-order valence-electron chi connectivity index (χ2n) is 1.23. The molecule has 0 radical (unpaired) electrons. The summed E-state index contributed by atoms with van der Waals surface area (Å²) in [7, 11) is 4.76. The van der Waals surface area contributed by atoms with Gasteiger partial charge in [-0.05, 0) is 0 Å². The van der Waals surface area contributed by atoms with Crippen molar-refractivity contribution in [2.75, 3.05) is 0 Å². The van der Waals surface area contributed by atoms with Crippen molar-refractivity contribution in [2.24, 2.45) is 0 Å². The van der Waals surface area contributed by atoms with Crippen LogP contribution >= 0.6 is 9.69 Å². The van der Waals surface area contributed by atoms with Gasteiger partial charge in [-0.1, -0.05) is 12.4 Å². The third kappa shape index (κ3) is 3.86. The molecule has 0 aliphatic rings. The molecule has 1 aromatic rings. The molecule has 0 aliphatic carbocycles. The van der Waals surface area contributed by atoms with Gasteiger partial charge < -0.3 is 4.98 Å². The fourth-order valence-electron chi connectivity index (χ4n) is 0.347. The van der Waals surface area contributed by atoms with Crippen LogP contribution in [0.2, 0.25) is 0 Å². The van der Waals surface area contributed by atoms with E-state index >= 15 is 0 Å². The van der Waals surface area contributed by atoms with E-state index in [0.29, 0.717) is 0 Å². The first-order valence-electron chi connectivity index (χ1n) is 2.24. The molecule has 1 heterocycles. The van der Waals surface area contributed by atoms with E-state index < -0.39 is 11.6 Å². The summed E-state index contributed by atoms with van der Waals surface area (Å²) < 4.78 is 23.6. The average Bonchev–Trinajstić information content (AvgIpc) is 1.91. The molecule has 0 aromatic carbocycles. The first-order chi connectivity index (χ1) is 4.79. The van der Waals surface area contributed by atoms with Gasteiger partial charge in [0.15, 0.2) is 0 Å². The third-order valence-corrected chi connectivity index (χ3v) is 0.615. The van der Waals surface area contributed by atoms with Gasteiger partial charge in [0.1, 0.15) is 0 Å². The van der Waals surface area contributed by atoms with E-state index in [0.717, 1.165) is 29.7 Å². The van der Waals surface area contributed by atoms with E-state index in [-0.39, 0.29) is 0 Å². The Morgan fingerprint density at radius 2 is 1.70 bits per heavy atom. The number of pyridine rings is 1. The fourth-order valence-corrected chi connectivity index (χ4v) is 0.347. The van der Waals surface area contributed by atoms with Crippen molar-refractivity contribution in [3.63, 3.8) is 0 Å². The summed E-state index contributed by atoms with van der Waals surface area (Å²) in [6.07, 6.45) is 1.78. The van der Waals surface area contributed by atoms with E-state index in [4.69, 9.17) is 9.69 Å². The topological polar surface area (TPSA) is 12.9 Å². The van der Waals surface area contributed by atoms with Gasteiger partial charge in [0.05, 0.1) is 0 Å². The normalized spacial score (nSPS) is 8.10. The van der Waals surface area contributed by atoms with Crippen LogP contribution in [0.4, 0.5) is 8.78 Å². The molecule has 0 amide bonds. The van der Waals surface area contributed by atoms with Gasteiger partial charge in [0, 0.05) is 11.6 Å². The van der Waals surface area contributed by atoms with Crippen LogP contribution in [0.3, 0.4) is 0 Å². The Labute approximate surface area is 71.1 Å². The van der Waals surface area contributed by atoms with Crippen LogP contribution in [-0.2, 0) is 17.3 Å². The van der Waals surface area contributed by atoms with Crippen molar-refractivity contribution in [3.05, 3.63) is 30.1 Å². The minimum absolute atomic E-state index is 0.773. The van der Waals surface area contributed by atoms with Crippen LogP contribution in [0.1, 0.15) is 0 Å². The van der Waals surface area contributed by atoms with Crippen LogP contribution in [0.15, 0.2) is 12.4 Å². The monoisotopic (exact) mass is 213 g/mol. The Kier molecular flexibility index (Phi) is 5.65. The van der Waals surface area contributed by atoms with Crippen LogP contribution < -0.4 is 0 Å². The molecule has 0 aliphatic heterocycles. The van der Waals surface area contributed by atoms with Gasteiger partial charge in [0.25, 0.3) is 0 Å². The van der Waals surface area contributed by atoms with E-state index in [2.05, 4.69) is 4.98 Å². The Bertz CT molecular complexity index is 180. The average molecular weight is 215 g/mol. The molecule has 0 atom stereocenters. The molecule has 0 fully saturated rings. The summed E-state index contributed by atoms with van der Waals surface area (Å²) in [4.78, 5) is 3.20. The first-order valence-corrected chi connectivity index (χ1v) is 6.14. The first kappa shape index (κ1) is 9.92. The summed E-state index contributed by atoms with van der Waals surface area (Å²) in [5.74, 6) is -1.55. The van der Waals surface area contributed by atoms with Gasteiger partial charge >= 0.3 is 27.0 Å². The van der Waals surface area contributed by atoms with Crippen molar-refractivity contribution in [2.45, 2.75) is 0 Å². The zero-order valence-corrected chi connectivity index (χ0v) is 8.67. The third-order valence-electron chi connectivity index (χ3n) is 0.615. The van der Waals surface area contributed by atoms with Crippen molar-refractivity contribution in [1.82, 2.24) is 4.98 Å². The standard InChI is InChI=1S/C5H2F2N.ClH.Zn/c6-4-1-5(7)3-8-2-4;;/h2-3H;1H;/q-1;;+2/p-1. The van der Waals surface area contributed by atoms with Gasteiger partial charge in [-0.15, -0.1) is 6.07 Å². The summed E-state index contributed by atoms with van der Waals surface area (Å²) in [5.41, 5.74) is 0. The van der Waals surface area contributed by atoms with Gasteiger partial charge in [-0.25, -0.2) is 8.78 Å². The Morgan fingerprint density at radius 1 is 1.30 bits per heavy atom. The van der Waals surface area contributed by atoms with Gasteiger partial charge in [-0.2, -0.15) is 0 Å². The molecule has 5 heteroatoms. The number of hydrogen-bond acceptors (Lipinski definition) is 1. The molecule has 0 unspecified atom stereocenters. The summed E-state index contributed by atoms with van der Waals surface area (Å²) in [6.45, 7) is 0. The molecule has 0 spiro atoms. The van der Waals surface area contributed by atoms with Crippen molar-refractivity contribution >= 4 is 9.69 Å². The zero-order chi connectivity index (χ0) is 7.98. The molecule has 1 aromatic heterocycles. The Morgan fingerprint density at radius 3 is 1.90 bits per heavy atom. The second-order valence-corrected chi connectivity index (χ2v) is 1.23. The number of hydrogen-bond donors (Lipinski definition) is 0. The predicted molar refractivity (Wildman–Crippen MR) is 28.8 cm³/mol. The molecule has 0 bridgehead atoms. The van der Waals surface area contributed by atoms with E-state index in [1.807, 2.05) is 0 Å². The SMILES string of the molecule is Fc1[c-]c(F)cnc1.[Cl][Zn+]. The van der Waals surface area contributed by atoms with E-state index in [9.17, 15) is 8.78 Å².